The summed E-state index contributed by atoms with van der Waals surface area (Å²) < 4.78 is 5.39. The van der Waals surface area contributed by atoms with Crippen LogP contribution in [0.3, 0.4) is 0 Å². The van der Waals surface area contributed by atoms with Crippen molar-refractivity contribution in [2.75, 3.05) is 6.61 Å². The second kappa shape index (κ2) is 9.48. The first-order chi connectivity index (χ1) is 11.3. The van der Waals surface area contributed by atoms with Gasteiger partial charge in [0.1, 0.15) is 0 Å². The van der Waals surface area contributed by atoms with Crippen molar-refractivity contribution in [3.05, 3.63) is 71.3 Å². The van der Waals surface area contributed by atoms with Gasteiger partial charge in [-0.1, -0.05) is 67.6 Å². The Morgan fingerprint density at radius 1 is 1.04 bits per heavy atom. The molecule has 0 bridgehead atoms. The molecular formula is C21H22O2. The van der Waals surface area contributed by atoms with Gasteiger partial charge in [0, 0.05) is 18.4 Å². The van der Waals surface area contributed by atoms with Crippen LogP contribution in [0.4, 0.5) is 0 Å². The topological polar surface area (TPSA) is 26.3 Å². The molecule has 0 aromatic heterocycles. The fraction of sp³-hybridized carbons (Fsp3) is 0.286. The highest BCUT2D eigenvalue weighted by Crippen LogP contribution is 2.10. The van der Waals surface area contributed by atoms with E-state index in [0.717, 1.165) is 36.8 Å². The average molecular weight is 306 g/mol. The van der Waals surface area contributed by atoms with Crippen molar-refractivity contribution in [1.29, 1.82) is 0 Å². The molecule has 0 aliphatic heterocycles. The van der Waals surface area contributed by atoms with E-state index in [-0.39, 0.29) is 5.97 Å². The quantitative estimate of drug-likeness (QED) is 0.442. The predicted molar refractivity (Wildman–Crippen MR) is 93.3 cm³/mol. The molecule has 0 radical (unpaired) electrons. The van der Waals surface area contributed by atoms with Crippen LogP contribution in [-0.4, -0.2) is 12.6 Å². The number of hydrogen-bond donors (Lipinski definition) is 0. The normalized spacial score (nSPS) is 9.78. The lowest BCUT2D eigenvalue weighted by atomic mass is 10.1. The summed E-state index contributed by atoms with van der Waals surface area (Å²) in [6.07, 6.45) is 3.78. The highest BCUT2D eigenvalue weighted by molar-refractivity contribution is 5.92. The molecule has 2 aromatic carbocycles. The van der Waals surface area contributed by atoms with E-state index in [4.69, 9.17) is 4.74 Å². The Morgan fingerprint density at radius 2 is 1.78 bits per heavy atom. The maximum absolute atomic E-state index is 12.3. The number of rotatable bonds is 6. The van der Waals surface area contributed by atoms with Gasteiger partial charge in [-0.3, -0.25) is 0 Å². The number of unbranched alkanes of at least 4 members (excludes halogenated alkanes) is 2. The molecule has 0 saturated carbocycles. The Morgan fingerprint density at radius 3 is 2.57 bits per heavy atom. The largest absolute Gasteiger partial charge is 0.462 e. The van der Waals surface area contributed by atoms with Crippen molar-refractivity contribution in [3.8, 4) is 11.8 Å². The third kappa shape index (κ3) is 5.64. The van der Waals surface area contributed by atoms with E-state index in [9.17, 15) is 4.79 Å². The van der Waals surface area contributed by atoms with Gasteiger partial charge in [-0.05, 0) is 24.1 Å². The smallest absolute Gasteiger partial charge is 0.339 e. The van der Waals surface area contributed by atoms with Crippen LogP contribution in [-0.2, 0) is 11.2 Å². The van der Waals surface area contributed by atoms with Crippen LogP contribution in [0.5, 0.6) is 0 Å². The van der Waals surface area contributed by atoms with Crippen molar-refractivity contribution in [2.24, 2.45) is 0 Å². The van der Waals surface area contributed by atoms with Crippen LogP contribution < -0.4 is 0 Å². The minimum Gasteiger partial charge on any atom is -0.462 e. The van der Waals surface area contributed by atoms with Gasteiger partial charge >= 0.3 is 5.97 Å². The Bertz CT molecular complexity index is 678. The molecule has 0 aliphatic rings. The number of carbonyl (C=O) groups is 1. The van der Waals surface area contributed by atoms with Gasteiger partial charge in [-0.15, -0.1) is 0 Å². The molecule has 2 rings (SSSR count). The van der Waals surface area contributed by atoms with Crippen LogP contribution in [0.1, 0.15) is 47.7 Å². The summed E-state index contributed by atoms with van der Waals surface area (Å²) in [5.41, 5.74) is 2.45. The maximum atomic E-state index is 12.3. The van der Waals surface area contributed by atoms with Crippen molar-refractivity contribution in [3.63, 3.8) is 0 Å². The molecular weight excluding hydrogens is 284 g/mol. The lowest BCUT2D eigenvalue weighted by molar-refractivity contribution is 0.0509. The SMILES string of the molecule is CCCCC#Cc1ccccc1C(=O)OCCc1ccccc1. The lowest BCUT2D eigenvalue weighted by Gasteiger charge is -2.06. The summed E-state index contributed by atoms with van der Waals surface area (Å²) in [7, 11) is 0. The summed E-state index contributed by atoms with van der Waals surface area (Å²) in [6, 6.07) is 17.4. The molecule has 2 aromatic rings. The van der Waals surface area contributed by atoms with E-state index >= 15 is 0 Å². The number of benzene rings is 2. The van der Waals surface area contributed by atoms with Gasteiger partial charge in [0.25, 0.3) is 0 Å². The van der Waals surface area contributed by atoms with Crippen molar-refractivity contribution >= 4 is 5.97 Å². The van der Waals surface area contributed by atoms with Gasteiger partial charge in [0.05, 0.1) is 12.2 Å². The number of ether oxygens (including phenoxy) is 1. The minimum atomic E-state index is -0.304. The molecule has 0 aliphatic carbocycles. The highest BCUT2D eigenvalue weighted by Gasteiger charge is 2.10. The van der Waals surface area contributed by atoms with Crippen molar-refractivity contribution < 1.29 is 9.53 Å². The molecule has 0 unspecified atom stereocenters. The van der Waals surface area contributed by atoms with Crippen molar-refractivity contribution in [1.82, 2.24) is 0 Å². The molecule has 0 atom stereocenters. The molecule has 0 spiro atoms. The Kier molecular flexibility index (Phi) is 6.94. The number of carbonyl (C=O) groups excluding carboxylic acids is 1. The molecule has 23 heavy (non-hydrogen) atoms. The minimum absolute atomic E-state index is 0.304. The van der Waals surface area contributed by atoms with E-state index in [2.05, 4.69) is 18.8 Å². The molecule has 0 amide bonds. The fourth-order valence-electron chi connectivity index (χ4n) is 2.18. The van der Waals surface area contributed by atoms with E-state index < -0.39 is 0 Å². The van der Waals surface area contributed by atoms with E-state index in [1.165, 1.54) is 0 Å². The number of esters is 1. The third-order valence-electron chi connectivity index (χ3n) is 3.49. The Balaban J connectivity index is 1.94. The fourth-order valence-corrected chi connectivity index (χ4v) is 2.18. The number of hydrogen-bond acceptors (Lipinski definition) is 2. The Labute approximate surface area is 138 Å². The summed E-state index contributed by atoms with van der Waals surface area (Å²) in [6.45, 7) is 2.51. The zero-order chi connectivity index (χ0) is 16.3. The predicted octanol–water partition coefficient (Wildman–Crippen LogP) is 4.63. The molecule has 0 fully saturated rings. The zero-order valence-electron chi connectivity index (χ0n) is 13.5. The van der Waals surface area contributed by atoms with Crippen LogP contribution in [0.2, 0.25) is 0 Å². The first-order valence-corrected chi connectivity index (χ1v) is 8.10. The summed E-state index contributed by atoms with van der Waals surface area (Å²) >= 11 is 0. The van der Waals surface area contributed by atoms with E-state index in [1.807, 2.05) is 48.5 Å². The Hall–Kier alpha value is -2.53. The van der Waals surface area contributed by atoms with Gasteiger partial charge in [0.15, 0.2) is 0 Å². The average Bonchev–Trinajstić information content (AvgIpc) is 2.60. The molecule has 0 saturated heterocycles. The molecule has 2 heteroatoms. The first kappa shape index (κ1) is 16.8. The third-order valence-corrected chi connectivity index (χ3v) is 3.49. The van der Waals surface area contributed by atoms with Crippen LogP contribution in [0, 0.1) is 11.8 Å². The van der Waals surface area contributed by atoms with E-state index in [1.54, 1.807) is 6.07 Å². The standard InChI is InChI=1S/C21H22O2/c1-2-3-4-8-13-19-14-9-10-15-20(19)21(22)23-17-16-18-11-6-5-7-12-18/h5-7,9-12,14-15H,2-4,16-17H2,1H3. The van der Waals surface area contributed by atoms with Gasteiger partial charge in [0.2, 0.25) is 0 Å². The lowest BCUT2D eigenvalue weighted by Crippen LogP contribution is -2.09. The highest BCUT2D eigenvalue weighted by atomic mass is 16.5. The van der Waals surface area contributed by atoms with Crippen LogP contribution in [0.15, 0.2) is 54.6 Å². The molecule has 118 valence electrons. The van der Waals surface area contributed by atoms with Gasteiger partial charge in [-0.2, -0.15) is 0 Å². The monoisotopic (exact) mass is 306 g/mol. The zero-order valence-corrected chi connectivity index (χ0v) is 13.5. The second-order valence-electron chi connectivity index (χ2n) is 5.32. The van der Waals surface area contributed by atoms with Crippen LogP contribution in [0.25, 0.3) is 0 Å². The maximum Gasteiger partial charge on any atom is 0.339 e. The molecule has 0 heterocycles. The summed E-state index contributed by atoms with van der Waals surface area (Å²) in [4.78, 5) is 12.3. The summed E-state index contributed by atoms with van der Waals surface area (Å²) in [5, 5.41) is 0. The van der Waals surface area contributed by atoms with E-state index in [0.29, 0.717) is 12.2 Å². The molecule has 0 N–H and O–H groups in total. The van der Waals surface area contributed by atoms with Crippen molar-refractivity contribution in [2.45, 2.75) is 32.6 Å². The summed E-state index contributed by atoms with van der Waals surface area (Å²) in [5.74, 6) is 5.90. The first-order valence-electron chi connectivity index (χ1n) is 8.10. The van der Waals surface area contributed by atoms with Gasteiger partial charge in [-0.25, -0.2) is 4.79 Å². The van der Waals surface area contributed by atoms with Crippen LogP contribution >= 0.6 is 0 Å². The molecule has 2 nitrogen and oxygen atoms in total. The second-order valence-corrected chi connectivity index (χ2v) is 5.32. The van der Waals surface area contributed by atoms with Gasteiger partial charge < -0.3 is 4.74 Å².